The second-order valence-corrected chi connectivity index (χ2v) is 10.0. The minimum Gasteiger partial charge on any atom is -0.346 e. The van der Waals surface area contributed by atoms with Crippen molar-refractivity contribution in [2.75, 3.05) is 0 Å². The van der Waals surface area contributed by atoms with E-state index in [-0.39, 0.29) is 12.0 Å². The van der Waals surface area contributed by atoms with E-state index in [1.54, 1.807) is 38.1 Å². The Labute approximate surface area is 148 Å². The number of fused-ring (bicyclic) bond motifs is 3. The summed E-state index contributed by atoms with van der Waals surface area (Å²) in [6.45, 7) is 9.60. The largest absolute Gasteiger partial charge is 0.346 e. The lowest BCUT2D eigenvalue weighted by Gasteiger charge is -2.47. The zero-order chi connectivity index (χ0) is 18.0. The lowest BCUT2D eigenvalue weighted by Crippen LogP contribution is -2.63. The van der Waals surface area contributed by atoms with Gasteiger partial charge < -0.3 is 14.2 Å². The van der Waals surface area contributed by atoms with E-state index in [1.807, 2.05) is 13.0 Å². The predicted octanol–water partition coefficient (Wildman–Crippen LogP) is 3.06. The normalized spacial score (nSPS) is 39.9. The van der Waals surface area contributed by atoms with E-state index in [0.717, 1.165) is 5.57 Å². The molecule has 2 saturated heterocycles. The van der Waals surface area contributed by atoms with E-state index in [2.05, 4.69) is 6.58 Å². The van der Waals surface area contributed by atoms with Gasteiger partial charge in [0.05, 0.1) is 11.0 Å². The van der Waals surface area contributed by atoms with Crippen molar-refractivity contribution in [2.24, 2.45) is 5.92 Å². The van der Waals surface area contributed by atoms with E-state index in [0.29, 0.717) is 17.7 Å². The maximum Gasteiger partial charge on any atom is 0.189 e. The SMILES string of the molecule is C=C1C[C@H]2[C@H](C)O[C@@H]3OC(C)(C)O[C@@H]3[C@@]2(S(=O)(=O)c2ccccc2)C1. The highest BCUT2D eigenvalue weighted by Gasteiger charge is 2.69. The van der Waals surface area contributed by atoms with Gasteiger partial charge in [0.1, 0.15) is 10.9 Å². The molecule has 5 atom stereocenters. The Morgan fingerprint density at radius 1 is 1.16 bits per heavy atom. The van der Waals surface area contributed by atoms with Gasteiger partial charge >= 0.3 is 0 Å². The molecule has 1 aromatic carbocycles. The summed E-state index contributed by atoms with van der Waals surface area (Å²) >= 11 is 0. The van der Waals surface area contributed by atoms with Crippen molar-refractivity contribution in [3.63, 3.8) is 0 Å². The van der Waals surface area contributed by atoms with Gasteiger partial charge in [0, 0.05) is 5.92 Å². The third-order valence-corrected chi connectivity index (χ3v) is 8.24. The summed E-state index contributed by atoms with van der Waals surface area (Å²) in [6.07, 6.45) is -0.612. The van der Waals surface area contributed by atoms with Crippen molar-refractivity contribution < 1.29 is 22.6 Å². The van der Waals surface area contributed by atoms with Gasteiger partial charge in [-0.2, -0.15) is 0 Å². The summed E-state index contributed by atoms with van der Waals surface area (Å²) < 4.78 is 44.5. The summed E-state index contributed by atoms with van der Waals surface area (Å²) in [7, 11) is -3.68. The number of rotatable bonds is 2. The Hall–Kier alpha value is -1.21. The highest BCUT2D eigenvalue weighted by molar-refractivity contribution is 7.93. The highest BCUT2D eigenvalue weighted by atomic mass is 32.2. The molecule has 0 unspecified atom stereocenters. The Morgan fingerprint density at radius 3 is 2.52 bits per heavy atom. The standard InChI is InChI=1S/C19H24O5S/c1-12-10-15-13(2)22-17-16(23-18(3,4)24-17)19(15,11-12)25(20,21)14-8-6-5-7-9-14/h5-9,13,15-17H,1,10-11H2,2-4H3/t13-,15-,16-,17+,19+/m0/s1. The molecule has 3 aliphatic rings. The highest BCUT2D eigenvalue weighted by Crippen LogP contribution is 2.57. The molecule has 5 nitrogen and oxygen atoms in total. The van der Waals surface area contributed by atoms with Crippen LogP contribution in [0.1, 0.15) is 33.6 Å². The third kappa shape index (κ3) is 2.35. The van der Waals surface area contributed by atoms with Crippen LogP contribution in [0.5, 0.6) is 0 Å². The Morgan fingerprint density at radius 2 is 1.84 bits per heavy atom. The van der Waals surface area contributed by atoms with Crippen LogP contribution in [0.3, 0.4) is 0 Å². The number of sulfone groups is 1. The van der Waals surface area contributed by atoms with Crippen LogP contribution in [0.2, 0.25) is 0 Å². The molecule has 2 heterocycles. The third-order valence-electron chi connectivity index (χ3n) is 5.67. The summed E-state index contributed by atoms with van der Waals surface area (Å²) in [5, 5.41) is 0. The molecule has 0 radical (unpaired) electrons. The van der Waals surface area contributed by atoms with Gasteiger partial charge in [-0.1, -0.05) is 30.4 Å². The van der Waals surface area contributed by atoms with Crippen LogP contribution in [-0.4, -0.2) is 37.4 Å². The van der Waals surface area contributed by atoms with E-state index < -0.39 is 32.8 Å². The molecular weight excluding hydrogens is 340 g/mol. The van der Waals surface area contributed by atoms with E-state index >= 15 is 0 Å². The first-order chi connectivity index (χ1) is 11.7. The number of ether oxygens (including phenoxy) is 3. The smallest absolute Gasteiger partial charge is 0.189 e. The van der Waals surface area contributed by atoms with Crippen molar-refractivity contribution >= 4 is 9.84 Å². The minimum absolute atomic E-state index is 0.205. The molecule has 0 N–H and O–H groups in total. The van der Waals surface area contributed by atoms with Crippen LogP contribution in [0, 0.1) is 5.92 Å². The van der Waals surface area contributed by atoms with Gasteiger partial charge in [-0.3, -0.25) is 0 Å². The number of allylic oxidation sites excluding steroid dienone is 1. The molecule has 1 aliphatic carbocycles. The predicted molar refractivity (Wildman–Crippen MR) is 92.6 cm³/mol. The topological polar surface area (TPSA) is 61.8 Å². The van der Waals surface area contributed by atoms with Crippen LogP contribution in [0.15, 0.2) is 47.4 Å². The van der Waals surface area contributed by atoms with Crippen LogP contribution in [0.25, 0.3) is 0 Å². The van der Waals surface area contributed by atoms with E-state index in [9.17, 15) is 8.42 Å². The van der Waals surface area contributed by atoms with Gasteiger partial charge in [-0.05, 0) is 45.7 Å². The zero-order valence-corrected chi connectivity index (χ0v) is 15.6. The van der Waals surface area contributed by atoms with Gasteiger partial charge in [0.2, 0.25) is 0 Å². The second kappa shape index (κ2) is 5.39. The Kier molecular flexibility index (Phi) is 3.71. The average Bonchev–Trinajstić information content (AvgIpc) is 3.05. The summed E-state index contributed by atoms with van der Waals surface area (Å²) in [4.78, 5) is 0.316. The fourth-order valence-corrected chi connectivity index (χ4v) is 7.17. The van der Waals surface area contributed by atoms with Crippen molar-refractivity contribution in [3.05, 3.63) is 42.5 Å². The second-order valence-electron chi connectivity index (χ2n) is 7.77. The van der Waals surface area contributed by atoms with Gasteiger partial charge in [0.25, 0.3) is 0 Å². The molecule has 3 fully saturated rings. The van der Waals surface area contributed by atoms with Crippen LogP contribution < -0.4 is 0 Å². The first-order valence-electron chi connectivity index (χ1n) is 8.65. The quantitative estimate of drug-likeness (QED) is 0.755. The summed E-state index contributed by atoms with van der Waals surface area (Å²) in [6, 6.07) is 8.61. The Balaban J connectivity index is 1.92. The lowest BCUT2D eigenvalue weighted by atomic mass is 9.83. The molecule has 6 heteroatoms. The summed E-state index contributed by atoms with van der Waals surface area (Å²) in [5.74, 6) is -1.09. The van der Waals surface area contributed by atoms with Crippen molar-refractivity contribution in [1.82, 2.24) is 0 Å². The molecule has 0 spiro atoms. The molecular formula is C19H24O5S. The molecule has 2 aliphatic heterocycles. The number of hydrogen-bond acceptors (Lipinski definition) is 5. The molecule has 136 valence electrons. The fraction of sp³-hybridized carbons (Fsp3) is 0.579. The van der Waals surface area contributed by atoms with Gasteiger partial charge in [-0.25, -0.2) is 8.42 Å². The Bertz CT molecular complexity index is 800. The fourth-order valence-electron chi connectivity index (χ4n) is 4.69. The zero-order valence-electron chi connectivity index (χ0n) is 14.8. The lowest BCUT2D eigenvalue weighted by molar-refractivity contribution is -0.217. The maximum absolute atomic E-state index is 13.8. The van der Waals surface area contributed by atoms with Crippen LogP contribution in [-0.2, 0) is 24.0 Å². The monoisotopic (exact) mass is 364 g/mol. The molecule has 1 aromatic rings. The summed E-state index contributed by atoms with van der Waals surface area (Å²) in [5.41, 5.74) is 0.925. The average molecular weight is 364 g/mol. The molecule has 0 amide bonds. The molecule has 0 aromatic heterocycles. The maximum atomic E-state index is 13.8. The van der Waals surface area contributed by atoms with Crippen molar-refractivity contribution in [2.45, 2.75) is 67.5 Å². The van der Waals surface area contributed by atoms with Gasteiger partial charge in [-0.15, -0.1) is 0 Å². The van der Waals surface area contributed by atoms with Crippen molar-refractivity contribution in [3.8, 4) is 0 Å². The van der Waals surface area contributed by atoms with E-state index in [1.165, 1.54) is 0 Å². The molecule has 1 saturated carbocycles. The minimum atomic E-state index is -3.68. The van der Waals surface area contributed by atoms with Crippen molar-refractivity contribution in [1.29, 1.82) is 0 Å². The number of benzene rings is 1. The first-order valence-corrected chi connectivity index (χ1v) is 10.1. The molecule has 4 rings (SSSR count). The molecule has 0 bridgehead atoms. The molecule has 25 heavy (non-hydrogen) atoms. The van der Waals surface area contributed by atoms with Crippen LogP contribution >= 0.6 is 0 Å². The van der Waals surface area contributed by atoms with Gasteiger partial charge in [0.15, 0.2) is 21.9 Å². The number of hydrogen-bond donors (Lipinski definition) is 0. The van der Waals surface area contributed by atoms with E-state index in [4.69, 9.17) is 14.2 Å². The van der Waals surface area contributed by atoms with Crippen LogP contribution in [0.4, 0.5) is 0 Å². The first kappa shape index (κ1) is 17.2.